The molecule has 134 valence electrons. The molecule has 1 aromatic carbocycles. The van der Waals surface area contributed by atoms with Crippen LogP contribution in [0.5, 0.6) is 5.75 Å². The number of carboxylic acids is 1. The summed E-state index contributed by atoms with van der Waals surface area (Å²) in [5, 5.41) is 8.79. The molecule has 0 unspecified atom stereocenters. The lowest BCUT2D eigenvalue weighted by atomic mass is 10.1. The Kier molecular flexibility index (Phi) is 4.83. The minimum absolute atomic E-state index is 0.00504. The molecule has 0 saturated carbocycles. The summed E-state index contributed by atoms with van der Waals surface area (Å²) in [6.45, 7) is 1.87. The second-order valence-electron chi connectivity index (χ2n) is 5.60. The van der Waals surface area contributed by atoms with Crippen molar-refractivity contribution < 1.29 is 19.1 Å². The number of aromatic nitrogens is 2. The molecule has 0 saturated heterocycles. The van der Waals surface area contributed by atoms with Crippen molar-refractivity contribution in [1.29, 1.82) is 0 Å². The third-order valence-corrected chi connectivity index (χ3v) is 3.67. The van der Waals surface area contributed by atoms with Crippen LogP contribution in [0.3, 0.4) is 0 Å². The minimum Gasteiger partial charge on any atom is -0.494 e. The van der Waals surface area contributed by atoms with Gasteiger partial charge in [-0.25, -0.2) is 14.3 Å². The van der Waals surface area contributed by atoms with Gasteiger partial charge in [-0.2, -0.15) is 0 Å². The molecule has 2 heterocycles. The zero-order valence-electron chi connectivity index (χ0n) is 14.0. The van der Waals surface area contributed by atoms with Gasteiger partial charge >= 0.3 is 11.7 Å². The van der Waals surface area contributed by atoms with Gasteiger partial charge in [0.05, 0.1) is 6.61 Å². The fraction of sp³-hybridized carbons (Fsp3) is 0.222. The van der Waals surface area contributed by atoms with Crippen LogP contribution in [0.2, 0.25) is 0 Å². The summed E-state index contributed by atoms with van der Waals surface area (Å²) in [6, 6.07) is 8.82. The van der Waals surface area contributed by atoms with E-state index < -0.39 is 23.8 Å². The molecule has 0 fully saturated rings. The summed E-state index contributed by atoms with van der Waals surface area (Å²) < 4.78 is 11.1. The summed E-state index contributed by atoms with van der Waals surface area (Å²) >= 11 is 0. The average Bonchev–Trinajstić information content (AvgIpc) is 2.63. The van der Waals surface area contributed by atoms with Crippen molar-refractivity contribution in [3.8, 4) is 16.9 Å². The molecule has 0 aliphatic heterocycles. The molecule has 0 amide bonds. The van der Waals surface area contributed by atoms with Crippen molar-refractivity contribution in [1.82, 2.24) is 9.55 Å². The van der Waals surface area contributed by atoms with Gasteiger partial charge in [0.2, 0.25) is 0 Å². The zero-order valence-corrected chi connectivity index (χ0v) is 14.0. The quantitative estimate of drug-likeness (QED) is 0.718. The van der Waals surface area contributed by atoms with Gasteiger partial charge in [0.25, 0.3) is 5.56 Å². The molecule has 8 nitrogen and oxygen atoms in total. The number of benzene rings is 1. The second kappa shape index (κ2) is 7.22. The summed E-state index contributed by atoms with van der Waals surface area (Å²) in [5.74, 6) is -1.61. The van der Waals surface area contributed by atoms with Gasteiger partial charge in [-0.05, 0) is 30.2 Å². The first kappa shape index (κ1) is 17.4. The van der Waals surface area contributed by atoms with Gasteiger partial charge in [-0.3, -0.25) is 9.59 Å². The van der Waals surface area contributed by atoms with Crippen molar-refractivity contribution in [2.24, 2.45) is 0 Å². The normalized spacial score (nSPS) is 10.8. The number of ether oxygens (including phenoxy) is 1. The fourth-order valence-electron chi connectivity index (χ4n) is 2.44. The van der Waals surface area contributed by atoms with Crippen LogP contribution in [0.4, 0.5) is 0 Å². The highest BCUT2D eigenvalue weighted by Gasteiger charge is 2.14. The number of pyridine rings is 1. The predicted octanol–water partition coefficient (Wildman–Crippen LogP) is 1.89. The number of hydrogen-bond donors (Lipinski definition) is 1. The molecule has 8 heteroatoms. The molecule has 0 spiro atoms. The number of rotatable bonds is 6. The predicted molar refractivity (Wildman–Crippen MR) is 93.4 cm³/mol. The van der Waals surface area contributed by atoms with E-state index in [1.165, 1.54) is 12.3 Å². The average molecular weight is 356 g/mol. The van der Waals surface area contributed by atoms with Gasteiger partial charge in [-0.15, -0.1) is 0 Å². The second-order valence-corrected chi connectivity index (χ2v) is 5.60. The maximum Gasteiger partial charge on any atom is 0.422 e. The lowest BCUT2D eigenvalue weighted by Crippen LogP contribution is -2.35. The maximum atomic E-state index is 12.2. The summed E-state index contributed by atoms with van der Waals surface area (Å²) in [5.41, 5.74) is 0.565. The van der Waals surface area contributed by atoms with Gasteiger partial charge in [0.15, 0.2) is 11.1 Å². The van der Waals surface area contributed by atoms with Gasteiger partial charge in [-0.1, -0.05) is 19.1 Å². The lowest BCUT2D eigenvalue weighted by Gasteiger charge is -2.07. The number of fused-ring (bicyclic) bond motifs is 1. The van der Waals surface area contributed by atoms with Crippen LogP contribution in [0, 0.1) is 0 Å². The van der Waals surface area contributed by atoms with E-state index in [1.54, 1.807) is 0 Å². The summed E-state index contributed by atoms with van der Waals surface area (Å²) in [7, 11) is 0. The molecule has 3 rings (SSSR count). The molecule has 0 aliphatic carbocycles. The van der Waals surface area contributed by atoms with Gasteiger partial charge in [0, 0.05) is 11.8 Å². The number of carboxylic acid groups (broad SMARTS) is 1. The van der Waals surface area contributed by atoms with Gasteiger partial charge in [0.1, 0.15) is 12.3 Å². The van der Waals surface area contributed by atoms with Crippen molar-refractivity contribution in [3.63, 3.8) is 0 Å². The third kappa shape index (κ3) is 3.49. The molecule has 0 atom stereocenters. The van der Waals surface area contributed by atoms with E-state index in [9.17, 15) is 14.4 Å². The molecule has 3 aromatic rings. The lowest BCUT2D eigenvalue weighted by molar-refractivity contribution is -0.137. The summed E-state index contributed by atoms with van der Waals surface area (Å²) in [6.07, 6.45) is 2.38. The highest BCUT2D eigenvalue weighted by atomic mass is 16.5. The topological polar surface area (TPSA) is 112 Å². The highest BCUT2D eigenvalue weighted by Crippen LogP contribution is 2.23. The Balaban J connectivity index is 2.00. The van der Waals surface area contributed by atoms with Crippen molar-refractivity contribution in [3.05, 3.63) is 57.4 Å². The van der Waals surface area contributed by atoms with E-state index in [0.29, 0.717) is 16.7 Å². The van der Waals surface area contributed by atoms with Crippen LogP contribution in [0.1, 0.15) is 13.3 Å². The van der Waals surface area contributed by atoms with E-state index in [0.717, 1.165) is 17.7 Å². The van der Waals surface area contributed by atoms with E-state index in [-0.39, 0.29) is 11.1 Å². The molecule has 1 N–H and O–H groups in total. The van der Waals surface area contributed by atoms with E-state index in [2.05, 4.69) is 4.98 Å². The monoisotopic (exact) mass is 356 g/mol. The Labute approximate surface area is 147 Å². The van der Waals surface area contributed by atoms with Crippen LogP contribution in [-0.4, -0.2) is 27.2 Å². The van der Waals surface area contributed by atoms with Crippen molar-refractivity contribution in [2.45, 2.75) is 19.9 Å². The largest absolute Gasteiger partial charge is 0.494 e. The number of carbonyl (C=O) groups is 1. The molecule has 26 heavy (non-hydrogen) atoms. The Morgan fingerprint density at radius 1 is 1.23 bits per heavy atom. The Bertz CT molecular complexity index is 1070. The SMILES string of the molecule is CCCOc1ccc(-c2cnc3c(=O)n(CC(=O)O)c(=O)oc3c2)cc1. The number of nitrogens with zero attached hydrogens (tertiary/aromatic N) is 2. The van der Waals surface area contributed by atoms with Crippen LogP contribution in [-0.2, 0) is 11.3 Å². The molecule has 0 radical (unpaired) electrons. The maximum absolute atomic E-state index is 12.2. The fourth-order valence-corrected chi connectivity index (χ4v) is 2.44. The number of aliphatic carboxylic acids is 1. The van der Waals surface area contributed by atoms with Crippen LogP contribution < -0.4 is 16.1 Å². The molecular weight excluding hydrogens is 340 g/mol. The van der Waals surface area contributed by atoms with Gasteiger partial charge < -0.3 is 14.3 Å². The van der Waals surface area contributed by atoms with E-state index >= 15 is 0 Å². The Morgan fingerprint density at radius 3 is 2.62 bits per heavy atom. The highest BCUT2D eigenvalue weighted by molar-refractivity contribution is 5.78. The first-order valence-corrected chi connectivity index (χ1v) is 7.98. The van der Waals surface area contributed by atoms with Crippen LogP contribution >= 0.6 is 0 Å². The smallest absolute Gasteiger partial charge is 0.422 e. The minimum atomic E-state index is -1.32. The van der Waals surface area contributed by atoms with E-state index in [4.69, 9.17) is 14.3 Å². The van der Waals surface area contributed by atoms with Crippen LogP contribution in [0.15, 0.2) is 50.5 Å². The summed E-state index contributed by atoms with van der Waals surface area (Å²) in [4.78, 5) is 38.9. The number of hydrogen-bond acceptors (Lipinski definition) is 6. The molecule has 2 aromatic heterocycles. The Hall–Kier alpha value is -3.42. The van der Waals surface area contributed by atoms with Crippen molar-refractivity contribution in [2.75, 3.05) is 6.61 Å². The first-order valence-electron chi connectivity index (χ1n) is 7.98. The van der Waals surface area contributed by atoms with Crippen LogP contribution in [0.25, 0.3) is 22.2 Å². The molecular formula is C18H16N2O6. The third-order valence-electron chi connectivity index (χ3n) is 3.67. The molecule has 0 bridgehead atoms. The zero-order chi connectivity index (χ0) is 18.7. The van der Waals surface area contributed by atoms with E-state index in [1.807, 2.05) is 31.2 Å². The first-order chi connectivity index (χ1) is 12.5. The molecule has 0 aliphatic rings. The Morgan fingerprint density at radius 2 is 1.96 bits per heavy atom. The van der Waals surface area contributed by atoms with Crippen molar-refractivity contribution >= 4 is 17.1 Å². The standard InChI is InChI=1S/C18H16N2O6/c1-2-7-25-13-5-3-11(4-6-13)12-8-14-16(19-9-12)17(23)20(10-15(21)22)18(24)26-14/h3-6,8-9H,2,7,10H2,1H3,(H,21,22).